The third kappa shape index (κ3) is 4.45. The number of nitrogens with one attached hydrogen (secondary N) is 2. The first kappa shape index (κ1) is 27.7. The zero-order valence-electron chi connectivity index (χ0n) is 23.4. The van der Waals surface area contributed by atoms with Gasteiger partial charge in [0.25, 0.3) is 0 Å². The Morgan fingerprint density at radius 2 is 1.82 bits per heavy atom. The Labute approximate surface area is 235 Å². The van der Waals surface area contributed by atoms with E-state index < -0.39 is 33.4 Å². The van der Waals surface area contributed by atoms with Crippen LogP contribution in [0.15, 0.2) is 48.5 Å². The van der Waals surface area contributed by atoms with E-state index in [4.69, 9.17) is 0 Å². The van der Waals surface area contributed by atoms with Gasteiger partial charge in [-0.3, -0.25) is 14.4 Å². The van der Waals surface area contributed by atoms with Crippen LogP contribution in [0.1, 0.15) is 51.2 Å². The highest BCUT2D eigenvalue weighted by Gasteiger charge is 2.77. The minimum atomic E-state index is -0.789. The smallest absolute Gasteiger partial charge is 0.248 e. The Hall–Kier alpha value is -2.84. The molecule has 3 heterocycles. The van der Waals surface area contributed by atoms with Gasteiger partial charge >= 0.3 is 0 Å². The average Bonchev–Trinajstić information content (AvgIpc) is 3.48. The molecule has 2 bridgehead atoms. The minimum absolute atomic E-state index is 0.0143. The number of amides is 3. The Morgan fingerprint density at radius 3 is 2.49 bits per heavy atom. The first-order valence-electron chi connectivity index (χ1n) is 13.9. The maximum absolute atomic E-state index is 14.4. The summed E-state index contributed by atoms with van der Waals surface area (Å²) in [6.07, 6.45) is 2.16. The predicted octanol–water partition coefficient (Wildman–Crippen LogP) is 4.77. The Morgan fingerprint density at radius 1 is 1.10 bits per heavy atom. The molecular formula is C31H39N3O4S. The first-order valence-corrected chi connectivity index (χ1v) is 14.7. The van der Waals surface area contributed by atoms with Crippen molar-refractivity contribution in [3.63, 3.8) is 0 Å². The Kier molecular flexibility index (Phi) is 7.31. The largest absolute Gasteiger partial charge is 0.394 e. The molecule has 0 aromatic heterocycles. The van der Waals surface area contributed by atoms with Crippen molar-refractivity contribution in [2.45, 2.75) is 75.5 Å². The number of benzene rings is 2. The molecule has 2 aromatic carbocycles. The van der Waals surface area contributed by atoms with E-state index in [9.17, 15) is 19.5 Å². The lowest BCUT2D eigenvalue weighted by atomic mass is 9.66. The summed E-state index contributed by atoms with van der Waals surface area (Å²) in [5.41, 5.74) is 3.38. The lowest BCUT2D eigenvalue weighted by molar-refractivity contribution is -0.142. The van der Waals surface area contributed by atoms with Gasteiger partial charge in [0.2, 0.25) is 17.7 Å². The van der Waals surface area contributed by atoms with Gasteiger partial charge in [0.15, 0.2) is 0 Å². The normalized spacial score (nSPS) is 30.7. The molecule has 3 saturated heterocycles. The number of thioether (sulfide) groups is 1. The molecule has 0 radical (unpaired) electrons. The number of nitrogens with zero attached hydrogens (tertiary/aromatic N) is 1. The first-order chi connectivity index (χ1) is 18.6. The van der Waals surface area contributed by atoms with E-state index in [1.165, 1.54) is 0 Å². The number of carbonyl (C=O) groups excluding carboxylic acids is 3. The topological polar surface area (TPSA) is 98.7 Å². The number of aryl methyl sites for hydroxylation is 2. The summed E-state index contributed by atoms with van der Waals surface area (Å²) in [6.45, 7) is 9.78. The van der Waals surface area contributed by atoms with Gasteiger partial charge in [-0.05, 0) is 68.9 Å². The number of hydrogen-bond acceptors (Lipinski definition) is 5. The molecule has 3 amide bonds. The molecule has 3 fully saturated rings. The minimum Gasteiger partial charge on any atom is -0.394 e. The van der Waals surface area contributed by atoms with E-state index in [0.29, 0.717) is 12.1 Å². The highest BCUT2D eigenvalue weighted by molar-refractivity contribution is 8.02. The van der Waals surface area contributed by atoms with Crippen LogP contribution >= 0.6 is 11.8 Å². The SMILES string of the molecule is CC[C@H](C)[C@H](CO)N1C(=O)[C@@H]2[C@@H](C(=O)Nc3ccccc3)[C@@]3(C)CCC2(S3)C1C(=O)Nc1cc(C)ccc1C. The van der Waals surface area contributed by atoms with E-state index in [1.807, 2.05) is 76.2 Å². The van der Waals surface area contributed by atoms with E-state index in [1.54, 1.807) is 16.7 Å². The highest BCUT2D eigenvalue weighted by Crippen LogP contribution is 2.71. The Balaban J connectivity index is 1.57. The predicted molar refractivity (Wildman–Crippen MR) is 156 cm³/mol. The monoisotopic (exact) mass is 549 g/mol. The van der Waals surface area contributed by atoms with Crippen LogP contribution in [0.2, 0.25) is 0 Å². The van der Waals surface area contributed by atoms with Gasteiger partial charge in [0, 0.05) is 16.1 Å². The van der Waals surface area contributed by atoms with Crippen LogP contribution in [-0.4, -0.2) is 55.9 Å². The molecule has 3 aliphatic heterocycles. The fourth-order valence-electron chi connectivity index (χ4n) is 7.05. The highest BCUT2D eigenvalue weighted by atomic mass is 32.2. The molecule has 5 rings (SSSR count). The summed E-state index contributed by atoms with van der Waals surface area (Å²) in [6, 6.07) is 13.9. The van der Waals surface area contributed by atoms with Crippen LogP contribution in [0.4, 0.5) is 11.4 Å². The van der Waals surface area contributed by atoms with Gasteiger partial charge < -0.3 is 20.6 Å². The number of carbonyl (C=O) groups is 3. The van der Waals surface area contributed by atoms with Crippen molar-refractivity contribution in [1.82, 2.24) is 4.90 Å². The van der Waals surface area contributed by atoms with Crippen LogP contribution in [0.25, 0.3) is 0 Å². The summed E-state index contributed by atoms with van der Waals surface area (Å²) < 4.78 is -1.21. The molecule has 0 aliphatic carbocycles. The summed E-state index contributed by atoms with van der Waals surface area (Å²) in [7, 11) is 0. The molecule has 0 saturated carbocycles. The quantitative estimate of drug-likeness (QED) is 0.441. The molecular weight excluding hydrogens is 510 g/mol. The molecule has 7 nitrogen and oxygen atoms in total. The second kappa shape index (κ2) is 10.3. The third-order valence-corrected chi connectivity index (χ3v) is 11.3. The van der Waals surface area contributed by atoms with Gasteiger partial charge in [-0.15, -0.1) is 11.8 Å². The second-order valence-electron chi connectivity index (χ2n) is 11.8. The van der Waals surface area contributed by atoms with Gasteiger partial charge in [-0.25, -0.2) is 0 Å². The van der Waals surface area contributed by atoms with Crippen molar-refractivity contribution in [1.29, 1.82) is 0 Å². The van der Waals surface area contributed by atoms with E-state index in [0.717, 1.165) is 29.7 Å². The number of fused-ring (bicyclic) bond motifs is 1. The van der Waals surface area contributed by atoms with Crippen LogP contribution in [0.3, 0.4) is 0 Å². The Bertz CT molecular complexity index is 1290. The summed E-state index contributed by atoms with van der Waals surface area (Å²) in [5.74, 6) is -1.87. The standard InChI is InChI=1S/C31H39N3O4S/c1-6-19(3)23(17-35)34-26(28(37)33-22-16-18(2)12-13-20(22)4)31-15-14-30(5,39-31)24(25(31)29(34)38)27(36)32-21-10-8-7-9-11-21/h7-13,16,19,23-26,35H,6,14-15,17H2,1-5H3,(H,32,36)(H,33,37)/t19-,23-,24-,25-,26?,30+,31?/m0/s1. The van der Waals surface area contributed by atoms with Crippen molar-refractivity contribution in [2.24, 2.45) is 17.8 Å². The van der Waals surface area contributed by atoms with Crippen molar-refractivity contribution in [3.8, 4) is 0 Å². The van der Waals surface area contributed by atoms with Crippen molar-refractivity contribution in [3.05, 3.63) is 59.7 Å². The number of aliphatic hydroxyl groups excluding tert-OH is 1. The lowest BCUT2D eigenvalue weighted by Crippen LogP contribution is -2.56. The van der Waals surface area contributed by atoms with Crippen LogP contribution < -0.4 is 10.6 Å². The van der Waals surface area contributed by atoms with Crippen molar-refractivity contribution < 1.29 is 19.5 Å². The maximum atomic E-state index is 14.4. The van der Waals surface area contributed by atoms with E-state index >= 15 is 0 Å². The maximum Gasteiger partial charge on any atom is 0.248 e. The fraction of sp³-hybridized carbons (Fsp3) is 0.516. The fourth-order valence-corrected chi connectivity index (χ4v) is 9.39. The van der Waals surface area contributed by atoms with Gasteiger partial charge in [-0.1, -0.05) is 50.6 Å². The number of likely N-dealkylation sites (tertiary alicyclic amines) is 1. The lowest BCUT2D eigenvalue weighted by Gasteiger charge is -2.39. The zero-order valence-corrected chi connectivity index (χ0v) is 24.2. The average molecular weight is 550 g/mol. The van der Waals surface area contributed by atoms with Gasteiger partial charge in [0.1, 0.15) is 6.04 Å². The molecule has 2 aromatic rings. The summed E-state index contributed by atoms with van der Waals surface area (Å²) in [4.78, 5) is 44.2. The molecule has 1 spiro atoms. The summed E-state index contributed by atoms with van der Waals surface area (Å²) in [5, 5.41) is 16.7. The van der Waals surface area contributed by atoms with Gasteiger partial charge in [-0.2, -0.15) is 0 Å². The molecule has 3 aliphatic rings. The molecule has 3 N–H and O–H groups in total. The molecule has 2 unspecified atom stereocenters. The van der Waals surface area contributed by atoms with E-state index in [-0.39, 0.29) is 30.2 Å². The second-order valence-corrected chi connectivity index (χ2v) is 13.7. The molecule has 7 atom stereocenters. The van der Waals surface area contributed by atoms with Crippen LogP contribution in [-0.2, 0) is 14.4 Å². The van der Waals surface area contributed by atoms with Crippen LogP contribution in [0.5, 0.6) is 0 Å². The number of hydrogen-bond donors (Lipinski definition) is 3. The molecule has 8 heteroatoms. The van der Waals surface area contributed by atoms with Crippen LogP contribution in [0, 0.1) is 31.6 Å². The molecule has 208 valence electrons. The molecule has 39 heavy (non-hydrogen) atoms. The van der Waals surface area contributed by atoms with E-state index in [2.05, 4.69) is 17.6 Å². The van der Waals surface area contributed by atoms with Gasteiger partial charge in [0.05, 0.1) is 29.2 Å². The number of aliphatic hydroxyl groups is 1. The van der Waals surface area contributed by atoms with Crippen molar-refractivity contribution in [2.75, 3.05) is 17.2 Å². The van der Waals surface area contributed by atoms with Crippen molar-refractivity contribution >= 4 is 40.9 Å². The summed E-state index contributed by atoms with van der Waals surface area (Å²) >= 11 is 1.64. The number of rotatable bonds is 8. The number of anilines is 2. The third-order valence-electron chi connectivity index (χ3n) is 9.28. The number of para-hydroxylation sites is 1. The zero-order chi connectivity index (χ0) is 28.1.